The first-order valence-corrected chi connectivity index (χ1v) is 7.47. The molecule has 0 spiro atoms. The van der Waals surface area contributed by atoms with Crippen molar-refractivity contribution in [3.63, 3.8) is 0 Å². The quantitative estimate of drug-likeness (QED) is 0.789. The minimum absolute atomic E-state index is 0.347. The van der Waals surface area contributed by atoms with Gasteiger partial charge in [0.15, 0.2) is 0 Å². The molecule has 0 aromatic carbocycles. The number of carbonyl (C=O) groups is 1. The van der Waals surface area contributed by atoms with Crippen molar-refractivity contribution in [1.29, 1.82) is 0 Å². The lowest BCUT2D eigenvalue weighted by Crippen LogP contribution is -2.55. The van der Waals surface area contributed by atoms with Gasteiger partial charge in [-0.3, -0.25) is 4.79 Å². The molecule has 2 rings (SSSR count). The third-order valence-electron chi connectivity index (χ3n) is 3.77. The largest absolute Gasteiger partial charge is 0.377 e. The molecule has 1 heterocycles. The van der Waals surface area contributed by atoms with Crippen molar-refractivity contribution >= 4 is 17.7 Å². The van der Waals surface area contributed by atoms with Gasteiger partial charge in [-0.15, -0.1) is 0 Å². The van der Waals surface area contributed by atoms with E-state index in [1.54, 1.807) is 0 Å². The van der Waals surface area contributed by atoms with Crippen molar-refractivity contribution in [2.45, 2.75) is 55.4 Å². The van der Waals surface area contributed by atoms with Gasteiger partial charge in [-0.1, -0.05) is 0 Å². The van der Waals surface area contributed by atoms with Crippen LogP contribution in [-0.2, 0) is 9.53 Å². The number of rotatable bonds is 4. The fourth-order valence-electron chi connectivity index (χ4n) is 2.64. The minimum Gasteiger partial charge on any atom is -0.377 e. The summed E-state index contributed by atoms with van der Waals surface area (Å²) in [5.41, 5.74) is 10.7. The van der Waals surface area contributed by atoms with Crippen molar-refractivity contribution in [2.75, 3.05) is 12.4 Å². The Hall–Kier alpha value is -0.260. The summed E-state index contributed by atoms with van der Waals surface area (Å²) >= 11 is 1.90. The van der Waals surface area contributed by atoms with Gasteiger partial charge >= 0.3 is 0 Å². The molecule has 17 heavy (non-hydrogen) atoms. The van der Waals surface area contributed by atoms with Crippen molar-refractivity contribution in [2.24, 2.45) is 11.5 Å². The maximum atomic E-state index is 11.3. The lowest BCUT2D eigenvalue weighted by molar-refractivity contribution is -0.124. The van der Waals surface area contributed by atoms with Crippen molar-refractivity contribution in [3.8, 4) is 0 Å². The lowest BCUT2D eigenvalue weighted by Gasteiger charge is -2.35. The highest BCUT2D eigenvalue weighted by molar-refractivity contribution is 7.99. The fraction of sp³-hybridized carbons (Fsp3) is 0.917. The maximum Gasteiger partial charge on any atom is 0.237 e. The summed E-state index contributed by atoms with van der Waals surface area (Å²) in [6.45, 7) is 0.901. The number of primary amides is 1. The smallest absolute Gasteiger partial charge is 0.237 e. The Kier molecular flexibility index (Phi) is 4.33. The molecule has 98 valence electrons. The summed E-state index contributed by atoms with van der Waals surface area (Å²) in [4.78, 5) is 11.3. The first-order valence-electron chi connectivity index (χ1n) is 6.42. The van der Waals surface area contributed by atoms with Crippen LogP contribution in [0.15, 0.2) is 0 Å². The van der Waals surface area contributed by atoms with E-state index >= 15 is 0 Å². The number of amides is 1. The van der Waals surface area contributed by atoms with Gasteiger partial charge in [0.25, 0.3) is 0 Å². The molecule has 0 aromatic heterocycles. The SMILES string of the molecule is NC(=O)C1(N)CCCC(SCC2CCCO2)C1. The van der Waals surface area contributed by atoms with E-state index in [4.69, 9.17) is 16.2 Å². The summed E-state index contributed by atoms with van der Waals surface area (Å²) in [6.07, 6.45) is 6.36. The van der Waals surface area contributed by atoms with Crippen molar-refractivity contribution < 1.29 is 9.53 Å². The predicted octanol–water partition coefficient (Wildman–Crippen LogP) is 1.02. The van der Waals surface area contributed by atoms with Crippen LogP contribution in [0, 0.1) is 0 Å². The molecule has 3 unspecified atom stereocenters. The Balaban J connectivity index is 1.78. The summed E-state index contributed by atoms with van der Waals surface area (Å²) in [5.74, 6) is 0.680. The molecule has 0 radical (unpaired) electrons. The van der Waals surface area contributed by atoms with Crippen LogP contribution in [0.1, 0.15) is 38.5 Å². The molecule has 1 aliphatic heterocycles. The van der Waals surface area contributed by atoms with E-state index < -0.39 is 5.54 Å². The van der Waals surface area contributed by atoms with Gasteiger partial charge in [0.1, 0.15) is 0 Å². The Bertz CT molecular complexity index is 282. The molecular weight excluding hydrogens is 236 g/mol. The van der Waals surface area contributed by atoms with Crippen LogP contribution in [0.3, 0.4) is 0 Å². The second-order valence-corrected chi connectivity index (χ2v) is 6.54. The first kappa shape index (κ1) is 13.2. The van der Waals surface area contributed by atoms with Crippen LogP contribution in [0.5, 0.6) is 0 Å². The highest BCUT2D eigenvalue weighted by Gasteiger charge is 2.38. The molecule has 1 amide bonds. The second-order valence-electron chi connectivity index (χ2n) is 5.21. The van der Waals surface area contributed by atoms with Gasteiger partial charge < -0.3 is 16.2 Å². The summed E-state index contributed by atoms with van der Waals surface area (Å²) in [7, 11) is 0. The fourth-order valence-corrected chi connectivity index (χ4v) is 4.14. The van der Waals surface area contributed by atoms with Gasteiger partial charge in [-0.2, -0.15) is 11.8 Å². The van der Waals surface area contributed by atoms with Crippen molar-refractivity contribution in [1.82, 2.24) is 0 Å². The molecule has 0 aromatic rings. The molecule has 1 saturated heterocycles. The number of carbonyl (C=O) groups excluding carboxylic acids is 1. The maximum absolute atomic E-state index is 11.3. The Labute approximate surface area is 107 Å². The van der Waals surface area contributed by atoms with E-state index in [-0.39, 0.29) is 5.91 Å². The number of ether oxygens (including phenoxy) is 1. The Morgan fingerprint density at radius 1 is 1.41 bits per heavy atom. The molecule has 1 saturated carbocycles. The monoisotopic (exact) mass is 258 g/mol. The van der Waals surface area contributed by atoms with Crippen LogP contribution in [-0.4, -0.2) is 35.2 Å². The molecule has 4 N–H and O–H groups in total. The zero-order valence-corrected chi connectivity index (χ0v) is 11.0. The minimum atomic E-state index is -0.771. The van der Waals surface area contributed by atoms with Gasteiger partial charge in [0.05, 0.1) is 11.6 Å². The molecule has 1 aliphatic carbocycles. The van der Waals surface area contributed by atoms with Crippen LogP contribution < -0.4 is 11.5 Å². The van der Waals surface area contributed by atoms with E-state index in [0.29, 0.717) is 11.4 Å². The molecule has 2 fully saturated rings. The molecule has 5 heteroatoms. The van der Waals surface area contributed by atoms with E-state index in [0.717, 1.165) is 38.0 Å². The average Bonchev–Trinajstić information content (AvgIpc) is 2.79. The molecule has 0 bridgehead atoms. The van der Waals surface area contributed by atoms with Gasteiger partial charge in [-0.25, -0.2) is 0 Å². The zero-order chi connectivity index (χ0) is 12.3. The van der Waals surface area contributed by atoms with Gasteiger partial charge in [0.2, 0.25) is 5.91 Å². The number of nitrogens with two attached hydrogens (primary N) is 2. The second kappa shape index (κ2) is 5.59. The van der Waals surface area contributed by atoms with Crippen molar-refractivity contribution in [3.05, 3.63) is 0 Å². The summed E-state index contributed by atoms with van der Waals surface area (Å²) < 4.78 is 5.60. The predicted molar refractivity (Wildman–Crippen MR) is 69.8 cm³/mol. The van der Waals surface area contributed by atoms with E-state index in [9.17, 15) is 4.79 Å². The molecule has 2 aliphatic rings. The average molecular weight is 258 g/mol. The lowest BCUT2D eigenvalue weighted by atomic mass is 9.82. The summed E-state index contributed by atoms with van der Waals surface area (Å²) in [6, 6.07) is 0. The first-order chi connectivity index (χ1) is 8.10. The topological polar surface area (TPSA) is 78.3 Å². The molecule has 4 nitrogen and oxygen atoms in total. The molecular formula is C12H22N2O2S. The normalized spacial score (nSPS) is 38.2. The standard InChI is InChI=1S/C12H22N2O2S/c13-11(15)12(14)5-1-4-10(7-12)17-8-9-3-2-6-16-9/h9-10H,1-8,14H2,(H2,13,15). The van der Waals surface area contributed by atoms with Crippen LogP contribution in [0.4, 0.5) is 0 Å². The van der Waals surface area contributed by atoms with Crippen LogP contribution in [0.2, 0.25) is 0 Å². The highest BCUT2D eigenvalue weighted by Crippen LogP contribution is 2.34. The number of hydrogen-bond acceptors (Lipinski definition) is 4. The van der Waals surface area contributed by atoms with E-state index in [2.05, 4.69) is 0 Å². The number of hydrogen-bond donors (Lipinski definition) is 2. The summed E-state index contributed by atoms with van der Waals surface area (Å²) in [5, 5.41) is 0.463. The Morgan fingerprint density at radius 3 is 2.88 bits per heavy atom. The third-order valence-corrected chi connectivity index (χ3v) is 5.21. The third kappa shape index (κ3) is 3.36. The molecule has 3 atom stereocenters. The highest BCUT2D eigenvalue weighted by atomic mass is 32.2. The van der Waals surface area contributed by atoms with E-state index in [1.807, 2.05) is 11.8 Å². The zero-order valence-electron chi connectivity index (χ0n) is 10.2. The van der Waals surface area contributed by atoms with Crippen LogP contribution in [0.25, 0.3) is 0 Å². The Morgan fingerprint density at radius 2 is 2.24 bits per heavy atom. The van der Waals surface area contributed by atoms with Gasteiger partial charge in [0, 0.05) is 17.6 Å². The van der Waals surface area contributed by atoms with Crippen LogP contribution >= 0.6 is 11.8 Å². The van der Waals surface area contributed by atoms with E-state index in [1.165, 1.54) is 12.8 Å². The number of thioether (sulfide) groups is 1. The van der Waals surface area contributed by atoms with Gasteiger partial charge in [-0.05, 0) is 38.5 Å².